The number of hydrogen-bond donors (Lipinski definition) is 1. The van der Waals surface area contributed by atoms with Crippen molar-refractivity contribution in [2.75, 3.05) is 0 Å². The number of pyridine rings is 1. The van der Waals surface area contributed by atoms with E-state index in [0.717, 1.165) is 24.0 Å². The van der Waals surface area contributed by atoms with Crippen LogP contribution in [0.3, 0.4) is 0 Å². The molecule has 0 amide bonds. The Labute approximate surface area is 116 Å². The van der Waals surface area contributed by atoms with Gasteiger partial charge in [-0.3, -0.25) is 10.1 Å². The molecule has 0 aliphatic heterocycles. The van der Waals surface area contributed by atoms with Crippen LogP contribution >= 0.6 is 11.8 Å². The van der Waals surface area contributed by atoms with E-state index in [1.807, 2.05) is 0 Å². The summed E-state index contributed by atoms with van der Waals surface area (Å²) in [5.41, 5.74) is -0.573. The zero-order valence-electron chi connectivity index (χ0n) is 9.82. The minimum atomic E-state index is -1.36. The van der Waals surface area contributed by atoms with Gasteiger partial charge in [-0.2, -0.15) is 0 Å². The number of benzene rings is 1. The first-order valence-corrected chi connectivity index (χ1v) is 6.10. The number of hydrogen-bond acceptors (Lipinski definition) is 5. The number of carbonyl (C=O) groups is 1. The van der Waals surface area contributed by atoms with Crippen LogP contribution in [0.25, 0.3) is 0 Å². The van der Waals surface area contributed by atoms with Crippen LogP contribution in [-0.4, -0.2) is 21.0 Å². The maximum atomic E-state index is 13.2. The predicted molar refractivity (Wildman–Crippen MR) is 68.4 cm³/mol. The van der Waals surface area contributed by atoms with Crippen molar-refractivity contribution in [3.63, 3.8) is 0 Å². The van der Waals surface area contributed by atoms with E-state index >= 15 is 0 Å². The summed E-state index contributed by atoms with van der Waals surface area (Å²) in [6, 6.07) is 6.38. The van der Waals surface area contributed by atoms with Gasteiger partial charge in [-0.25, -0.2) is 14.2 Å². The summed E-state index contributed by atoms with van der Waals surface area (Å²) in [6.07, 6.45) is 1.10. The molecule has 6 nitrogen and oxygen atoms in total. The van der Waals surface area contributed by atoms with Crippen LogP contribution in [0, 0.1) is 15.9 Å². The first-order valence-electron chi connectivity index (χ1n) is 5.28. The first kappa shape index (κ1) is 13.9. The summed E-state index contributed by atoms with van der Waals surface area (Å²) in [4.78, 5) is 25.1. The molecule has 0 bridgehead atoms. The molecule has 0 aliphatic rings. The van der Waals surface area contributed by atoms with E-state index in [9.17, 15) is 19.3 Å². The molecule has 102 valence electrons. The molecule has 20 heavy (non-hydrogen) atoms. The Balaban J connectivity index is 2.23. The molecular weight excluding hydrogens is 287 g/mol. The Bertz CT molecular complexity index is 676. The average Bonchev–Trinajstić information content (AvgIpc) is 2.41. The van der Waals surface area contributed by atoms with E-state index in [1.165, 1.54) is 24.3 Å². The van der Waals surface area contributed by atoms with E-state index in [2.05, 4.69) is 4.98 Å². The average molecular weight is 294 g/mol. The lowest BCUT2D eigenvalue weighted by Crippen LogP contribution is -2.00. The van der Waals surface area contributed by atoms with Gasteiger partial charge in [0.15, 0.2) is 0 Å². The van der Waals surface area contributed by atoms with E-state index in [0.29, 0.717) is 9.92 Å². The summed E-state index contributed by atoms with van der Waals surface area (Å²) in [7, 11) is 0. The third-order valence-corrected chi connectivity index (χ3v) is 3.26. The Morgan fingerprint density at radius 3 is 2.65 bits per heavy atom. The van der Waals surface area contributed by atoms with Gasteiger partial charge in [-0.05, 0) is 24.3 Å². The van der Waals surface area contributed by atoms with Gasteiger partial charge in [0, 0.05) is 11.0 Å². The molecule has 1 heterocycles. The van der Waals surface area contributed by atoms with Gasteiger partial charge in [0.25, 0.3) is 5.69 Å². The molecule has 0 atom stereocenters. The lowest BCUT2D eigenvalue weighted by Gasteiger charge is -2.03. The molecular formula is C12H7FN2O4S. The molecule has 0 fully saturated rings. The highest BCUT2D eigenvalue weighted by atomic mass is 32.2. The predicted octanol–water partition coefficient (Wildman–Crippen LogP) is 2.98. The molecule has 0 saturated carbocycles. The number of rotatable bonds is 4. The van der Waals surface area contributed by atoms with E-state index < -0.39 is 22.3 Å². The number of aromatic nitrogens is 1. The lowest BCUT2D eigenvalue weighted by atomic mass is 10.2. The zero-order valence-corrected chi connectivity index (χ0v) is 10.6. The maximum absolute atomic E-state index is 13.2. The second kappa shape index (κ2) is 5.66. The van der Waals surface area contributed by atoms with Crippen LogP contribution in [-0.2, 0) is 0 Å². The standard InChI is InChI=1S/C12H7FN2O4S/c13-10-3-2-8(5-9(10)12(16)17)20-11-4-1-7(6-14-11)15(18)19/h1-6H,(H,16,17). The van der Waals surface area contributed by atoms with Crippen LogP contribution < -0.4 is 0 Å². The van der Waals surface area contributed by atoms with E-state index in [1.54, 1.807) is 0 Å². The Kier molecular flexibility index (Phi) is 3.94. The van der Waals surface area contributed by atoms with Gasteiger partial charge in [0.05, 0.1) is 10.5 Å². The zero-order chi connectivity index (χ0) is 14.7. The fourth-order valence-corrected chi connectivity index (χ4v) is 2.19. The van der Waals surface area contributed by atoms with E-state index in [-0.39, 0.29) is 5.69 Å². The summed E-state index contributed by atoms with van der Waals surface area (Å²) in [5, 5.41) is 19.7. The van der Waals surface area contributed by atoms with Crippen molar-refractivity contribution >= 4 is 23.4 Å². The molecule has 0 unspecified atom stereocenters. The van der Waals surface area contributed by atoms with Crippen molar-refractivity contribution in [2.24, 2.45) is 0 Å². The second-order valence-corrected chi connectivity index (χ2v) is 4.75. The van der Waals surface area contributed by atoms with Gasteiger partial charge < -0.3 is 5.11 Å². The van der Waals surface area contributed by atoms with Crippen molar-refractivity contribution < 1.29 is 19.2 Å². The highest BCUT2D eigenvalue weighted by Gasteiger charge is 2.12. The number of nitrogens with zero attached hydrogens (tertiary/aromatic N) is 2. The first-order chi connectivity index (χ1) is 9.47. The van der Waals surface area contributed by atoms with Gasteiger partial charge >= 0.3 is 5.97 Å². The van der Waals surface area contributed by atoms with Crippen molar-refractivity contribution in [3.8, 4) is 0 Å². The second-order valence-electron chi connectivity index (χ2n) is 3.66. The highest BCUT2D eigenvalue weighted by Crippen LogP contribution is 2.28. The van der Waals surface area contributed by atoms with Crippen LogP contribution in [0.1, 0.15) is 10.4 Å². The largest absolute Gasteiger partial charge is 0.478 e. The number of aromatic carboxylic acids is 1. The smallest absolute Gasteiger partial charge is 0.338 e. The Morgan fingerprint density at radius 1 is 1.35 bits per heavy atom. The molecule has 1 aromatic heterocycles. The van der Waals surface area contributed by atoms with Gasteiger partial charge in [0.2, 0.25) is 0 Å². The quantitative estimate of drug-likeness (QED) is 0.688. The summed E-state index contributed by atoms with van der Waals surface area (Å²) < 4.78 is 13.2. The number of nitro groups is 1. The molecule has 0 spiro atoms. The van der Waals surface area contributed by atoms with Gasteiger partial charge in [0.1, 0.15) is 17.0 Å². The number of halogens is 1. The topological polar surface area (TPSA) is 93.3 Å². The molecule has 0 radical (unpaired) electrons. The number of carboxylic acid groups (broad SMARTS) is 1. The fraction of sp³-hybridized carbons (Fsp3) is 0. The van der Waals surface area contributed by atoms with Crippen LogP contribution in [0.5, 0.6) is 0 Å². The van der Waals surface area contributed by atoms with Gasteiger partial charge in [-0.1, -0.05) is 11.8 Å². The molecule has 2 rings (SSSR count). The monoisotopic (exact) mass is 294 g/mol. The maximum Gasteiger partial charge on any atom is 0.338 e. The number of carboxylic acids is 1. The molecule has 1 aromatic carbocycles. The fourth-order valence-electron chi connectivity index (χ4n) is 1.39. The minimum absolute atomic E-state index is 0.139. The molecule has 2 aromatic rings. The lowest BCUT2D eigenvalue weighted by molar-refractivity contribution is -0.385. The van der Waals surface area contributed by atoms with E-state index in [4.69, 9.17) is 5.11 Å². The minimum Gasteiger partial charge on any atom is -0.478 e. The Hall–Kier alpha value is -2.48. The SMILES string of the molecule is O=C(O)c1cc(Sc2ccc([N+](=O)[O-])cn2)ccc1F. The van der Waals surface area contributed by atoms with Crippen molar-refractivity contribution in [3.05, 3.63) is 58.0 Å². The summed E-state index contributed by atoms with van der Waals surface area (Å²) in [6.45, 7) is 0. The summed E-state index contributed by atoms with van der Waals surface area (Å²) in [5.74, 6) is -2.18. The molecule has 8 heteroatoms. The third-order valence-electron chi connectivity index (χ3n) is 2.32. The molecule has 0 saturated heterocycles. The van der Waals surface area contributed by atoms with Crippen LogP contribution in [0.15, 0.2) is 46.5 Å². The van der Waals surface area contributed by atoms with Crippen molar-refractivity contribution in [1.82, 2.24) is 4.98 Å². The Morgan fingerprint density at radius 2 is 2.10 bits per heavy atom. The van der Waals surface area contributed by atoms with Crippen LogP contribution in [0.4, 0.5) is 10.1 Å². The van der Waals surface area contributed by atoms with Crippen LogP contribution in [0.2, 0.25) is 0 Å². The van der Waals surface area contributed by atoms with Gasteiger partial charge in [-0.15, -0.1) is 0 Å². The molecule has 1 N–H and O–H groups in total. The van der Waals surface area contributed by atoms with Crippen molar-refractivity contribution in [2.45, 2.75) is 9.92 Å². The summed E-state index contributed by atoms with van der Waals surface area (Å²) >= 11 is 1.08. The third kappa shape index (κ3) is 3.09. The molecule has 0 aliphatic carbocycles. The van der Waals surface area contributed by atoms with Crippen molar-refractivity contribution in [1.29, 1.82) is 0 Å². The normalized spacial score (nSPS) is 10.2. The highest BCUT2D eigenvalue weighted by molar-refractivity contribution is 7.99.